The quantitative estimate of drug-likeness (QED) is 0.809. The molecule has 0 unspecified atom stereocenters. The number of rotatable bonds is 4. The van der Waals surface area contributed by atoms with Gasteiger partial charge in [0.2, 0.25) is 5.91 Å². The Morgan fingerprint density at radius 1 is 1.24 bits per heavy atom. The van der Waals surface area contributed by atoms with Crippen LogP contribution in [-0.4, -0.2) is 24.2 Å². The van der Waals surface area contributed by atoms with Crippen molar-refractivity contribution in [2.24, 2.45) is 0 Å². The Labute approximate surface area is 102 Å². The van der Waals surface area contributed by atoms with E-state index in [-0.39, 0.29) is 12.5 Å². The van der Waals surface area contributed by atoms with Crippen LogP contribution in [0.3, 0.4) is 0 Å². The minimum absolute atomic E-state index is 0.164. The predicted molar refractivity (Wildman–Crippen MR) is 68.1 cm³/mol. The molecule has 0 atom stereocenters. The number of anilines is 1. The zero-order valence-corrected chi connectivity index (χ0v) is 10.4. The van der Waals surface area contributed by atoms with Gasteiger partial charge in [0.15, 0.2) is 0 Å². The first-order chi connectivity index (χ1) is 8.09. The molecule has 1 aliphatic heterocycles. The van der Waals surface area contributed by atoms with Gasteiger partial charge in [-0.3, -0.25) is 4.79 Å². The highest BCUT2D eigenvalue weighted by Crippen LogP contribution is 2.41. The first-order valence-electron chi connectivity index (χ1n) is 6.11. The molecule has 92 valence electrons. The lowest BCUT2D eigenvalue weighted by atomic mass is 9.86. The van der Waals surface area contributed by atoms with Crippen molar-refractivity contribution >= 4 is 11.6 Å². The van der Waals surface area contributed by atoms with Gasteiger partial charge in [-0.25, -0.2) is 0 Å². The highest BCUT2D eigenvalue weighted by molar-refractivity contribution is 6.07. The van der Waals surface area contributed by atoms with Crippen LogP contribution in [0.4, 0.5) is 5.69 Å². The largest absolute Gasteiger partial charge is 0.396 e. The SMILES string of the molecule is CC1(C)C(=O)N(CCCCO)c2ccccc21. The Morgan fingerprint density at radius 2 is 1.94 bits per heavy atom. The van der Waals surface area contributed by atoms with Crippen LogP contribution in [0, 0.1) is 0 Å². The zero-order valence-electron chi connectivity index (χ0n) is 10.4. The number of aliphatic hydroxyl groups is 1. The molecule has 0 radical (unpaired) electrons. The molecule has 0 bridgehead atoms. The van der Waals surface area contributed by atoms with Crippen molar-refractivity contribution < 1.29 is 9.90 Å². The third-order valence-electron chi connectivity index (χ3n) is 3.44. The third kappa shape index (κ3) is 1.95. The van der Waals surface area contributed by atoms with Crippen molar-refractivity contribution in [2.75, 3.05) is 18.1 Å². The van der Waals surface area contributed by atoms with Gasteiger partial charge in [0, 0.05) is 18.8 Å². The van der Waals surface area contributed by atoms with Gasteiger partial charge in [0.25, 0.3) is 0 Å². The molecule has 0 aliphatic carbocycles. The molecule has 3 heteroatoms. The summed E-state index contributed by atoms with van der Waals surface area (Å²) >= 11 is 0. The number of benzene rings is 1. The molecule has 1 N–H and O–H groups in total. The molecule has 3 nitrogen and oxygen atoms in total. The second-order valence-electron chi connectivity index (χ2n) is 5.03. The molecular weight excluding hydrogens is 214 g/mol. The lowest BCUT2D eigenvalue weighted by molar-refractivity contribution is -0.122. The average molecular weight is 233 g/mol. The lowest BCUT2D eigenvalue weighted by Crippen LogP contribution is -2.36. The first kappa shape index (κ1) is 12.1. The minimum Gasteiger partial charge on any atom is -0.396 e. The summed E-state index contributed by atoms with van der Waals surface area (Å²) < 4.78 is 0. The van der Waals surface area contributed by atoms with Gasteiger partial charge in [-0.05, 0) is 38.3 Å². The zero-order chi connectivity index (χ0) is 12.5. The summed E-state index contributed by atoms with van der Waals surface area (Å²) in [6.45, 7) is 4.83. The monoisotopic (exact) mass is 233 g/mol. The van der Waals surface area contributed by atoms with Gasteiger partial charge in [0.05, 0.1) is 5.41 Å². The molecule has 2 rings (SSSR count). The summed E-state index contributed by atoms with van der Waals surface area (Å²) in [7, 11) is 0. The van der Waals surface area contributed by atoms with Crippen molar-refractivity contribution in [1.29, 1.82) is 0 Å². The van der Waals surface area contributed by atoms with Gasteiger partial charge < -0.3 is 10.0 Å². The number of hydrogen-bond acceptors (Lipinski definition) is 2. The highest BCUT2D eigenvalue weighted by Gasteiger charge is 2.42. The number of hydrogen-bond donors (Lipinski definition) is 1. The molecule has 1 aliphatic rings. The molecule has 0 saturated heterocycles. The van der Waals surface area contributed by atoms with Crippen molar-refractivity contribution in [3.8, 4) is 0 Å². The number of fused-ring (bicyclic) bond motifs is 1. The standard InChI is InChI=1S/C14H19NO2/c1-14(2)11-7-3-4-8-12(11)15(13(14)17)9-5-6-10-16/h3-4,7-8,16H,5-6,9-10H2,1-2H3. The summed E-state index contributed by atoms with van der Waals surface area (Å²) in [4.78, 5) is 14.2. The van der Waals surface area contributed by atoms with Crippen molar-refractivity contribution in [1.82, 2.24) is 0 Å². The fraction of sp³-hybridized carbons (Fsp3) is 0.500. The number of amides is 1. The molecule has 1 amide bonds. The van der Waals surface area contributed by atoms with E-state index in [0.29, 0.717) is 6.54 Å². The summed E-state index contributed by atoms with van der Waals surface area (Å²) in [5.41, 5.74) is 1.71. The molecule has 1 heterocycles. The van der Waals surface area contributed by atoms with Crippen LogP contribution < -0.4 is 4.90 Å². The summed E-state index contributed by atoms with van der Waals surface area (Å²) in [5.74, 6) is 0.164. The minimum atomic E-state index is -0.421. The Balaban J connectivity index is 2.27. The third-order valence-corrected chi connectivity index (χ3v) is 3.44. The van der Waals surface area contributed by atoms with Crippen LogP contribution in [0.1, 0.15) is 32.3 Å². The molecule has 1 aromatic carbocycles. The maximum Gasteiger partial charge on any atom is 0.237 e. The summed E-state index contributed by atoms with van der Waals surface area (Å²) in [5, 5.41) is 8.80. The Hall–Kier alpha value is -1.35. The predicted octanol–water partition coefficient (Wildman–Crippen LogP) is 2.08. The fourth-order valence-corrected chi connectivity index (χ4v) is 2.40. The number of aliphatic hydroxyl groups excluding tert-OH is 1. The molecule has 0 aromatic heterocycles. The fourth-order valence-electron chi connectivity index (χ4n) is 2.40. The lowest BCUT2D eigenvalue weighted by Gasteiger charge is -2.20. The maximum atomic E-state index is 12.3. The first-order valence-corrected chi connectivity index (χ1v) is 6.11. The summed E-state index contributed by atoms with van der Waals surface area (Å²) in [6, 6.07) is 7.97. The molecule has 1 aromatic rings. The Bertz CT molecular complexity index is 426. The molecule has 0 fully saturated rings. The Kier molecular flexibility index (Phi) is 3.20. The molecular formula is C14H19NO2. The van der Waals surface area contributed by atoms with Crippen LogP contribution in [0.2, 0.25) is 0 Å². The van der Waals surface area contributed by atoms with E-state index in [1.54, 1.807) is 0 Å². The number of para-hydroxylation sites is 1. The van der Waals surface area contributed by atoms with Crippen LogP contribution in [0.15, 0.2) is 24.3 Å². The molecule has 0 saturated carbocycles. The van der Waals surface area contributed by atoms with Crippen molar-refractivity contribution in [2.45, 2.75) is 32.1 Å². The maximum absolute atomic E-state index is 12.3. The number of carbonyl (C=O) groups excluding carboxylic acids is 1. The topological polar surface area (TPSA) is 40.5 Å². The van der Waals surface area contributed by atoms with Crippen LogP contribution in [-0.2, 0) is 10.2 Å². The van der Waals surface area contributed by atoms with Gasteiger partial charge in [-0.15, -0.1) is 0 Å². The molecule has 0 spiro atoms. The smallest absolute Gasteiger partial charge is 0.237 e. The van der Waals surface area contributed by atoms with E-state index in [0.717, 1.165) is 24.1 Å². The van der Waals surface area contributed by atoms with E-state index in [1.807, 2.05) is 43.0 Å². The normalized spacial score (nSPS) is 17.4. The second-order valence-corrected chi connectivity index (χ2v) is 5.03. The highest BCUT2D eigenvalue weighted by atomic mass is 16.3. The number of nitrogens with zero attached hydrogens (tertiary/aromatic N) is 1. The van der Waals surface area contributed by atoms with Gasteiger partial charge in [-0.2, -0.15) is 0 Å². The van der Waals surface area contributed by atoms with E-state index >= 15 is 0 Å². The number of unbranched alkanes of at least 4 members (excludes halogenated alkanes) is 1. The van der Waals surface area contributed by atoms with E-state index in [4.69, 9.17) is 5.11 Å². The van der Waals surface area contributed by atoms with E-state index < -0.39 is 5.41 Å². The van der Waals surface area contributed by atoms with Crippen LogP contribution >= 0.6 is 0 Å². The number of carbonyl (C=O) groups is 1. The van der Waals surface area contributed by atoms with Gasteiger partial charge in [-0.1, -0.05) is 18.2 Å². The van der Waals surface area contributed by atoms with Crippen LogP contribution in [0.5, 0.6) is 0 Å². The van der Waals surface area contributed by atoms with E-state index in [1.165, 1.54) is 0 Å². The summed E-state index contributed by atoms with van der Waals surface area (Å²) in [6.07, 6.45) is 1.58. The van der Waals surface area contributed by atoms with Crippen LogP contribution in [0.25, 0.3) is 0 Å². The van der Waals surface area contributed by atoms with Crippen molar-refractivity contribution in [3.63, 3.8) is 0 Å². The van der Waals surface area contributed by atoms with Gasteiger partial charge >= 0.3 is 0 Å². The average Bonchev–Trinajstić information content (AvgIpc) is 2.51. The Morgan fingerprint density at radius 3 is 2.65 bits per heavy atom. The molecule has 17 heavy (non-hydrogen) atoms. The van der Waals surface area contributed by atoms with E-state index in [2.05, 4.69) is 0 Å². The van der Waals surface area contributed by atoms with Gasteiger partial charge in [0.1, 0.15) is 0 Å². The van der Waals surface area contributed by atoms with Crippen molar-refractivity contribution in [3.05, 3.63) is 29.8 Å². The second kappa shape index (κ2) is 4.49. The van der Waals surface area contributed by atoms with E-state index in [9.17, 15) is 4.79 Å².